The Hall–Kier alpha value is 0.190. The van der Waals surface area contributed by atoms with E-state index in [1.807, 2.05) is 0 Å². The first-order chi connectivity index (χ1) is 39.2. The fourth-order valence-electron chi connectivity index (χ4n) is 8.70. The zero-order valence-electron chi connectivity index (χ0n) is 58.7. The summed E-state index contributed by atoms with van der Waals surface area (Å²) in [6, 6.07) is 0. The smallest absolute Gasteiger partial charge is 0.339 e. The van der Waals surface area contributed by atoms with Gasteiger partial charge < -0.3 is 15.3 Å². The van der Waals surface area contributed by atoms with E-state index in [-0.39, 0.29) is 0 Å². The standard InChI is InChI=1S/7C10H22.C3H9O6P/c7*1-3-5-7-9-10-8-6-4-2;4-1-7-10(8-2-5)9-3-6/h7*3-10H2,1-2H3;4-6H,1-3H2. The molecule has 80 heavy (non-hydrogen) atoms. The van der Waals surface area contributed by atoms with Gasteiger partial charge in [0.25, 0.3) is 0 Å². The Morgan fingerprint density at radius 2 is 0.225 bits per heavy atom. The quantitative estimate of drug-likeness (QED) is 0.0320. The van der Waals surface area contributed by atoms with Crippen molar-refractivity contribution in [1.82, 2.24) is 0 Å². The van der Waals surface area contributed by atoms with E-state index >= 15 is 0 Å². The van der Waals surface area contributed by atoms with Crippen molar-refractivity contribution in [3.8, 4) is 0 Å². The lowest BCUT2D eigenvalue weighted by molar-refractivity contribution is 0.00273. The summed E-state index contributed by atoms with van der Waals surface area (Å²) in [5, 5.41) is 24.5. The molecule has 0 aliphatic carbocycles. The molecule has 0 bridgehead atoms. The van der Waals surface area contributed by atoms with E-state index in [2.05, 4.69) is 111 Å². The van der Waals surface area contributed by atoms with Crippen molar-refractivity contribution in [1.29, 1.82) is 0 Å². The molecule has 496 valence electrons. The van der Waals surface area contributed by atoms with E-state index < -0.39 is 29.0 Å². The van der Waals surface area contributed by atoms with Crippen molar-refractivity contribution in [3.05, 3.63) is 0 Å². The lowest BCUT2D eigenvalue weighted by Gasteiger charge is -2.11. The molecule has 0 aromatic rings. The highest BCUT2D eigenvalue weighted by Crippen LogP contribution is 2.38. The number of unbranched alkanes of at least 4 members (excludes halogenated alkanes) is 49. The van der Waals surface area contributed by atoms with Gasteiger partial charge in [0.2, 0.25) is 0 Å². The molecular weight excluding hydrogens is 1000 g/mol. The van der Waals surface area contributed by atoms with Crippen molar-refractivity contribution >= 4 is 8.60 Å². The van der Waals surface area contributed by atoms with Gasteiger partial charge in [-0.2, -0.15) is 0 Å². The van der Waals surface area contributed by atoms with Gasteiger partial charge in [0, 0.05) is 0 Å². The molecule has 0 fully saturated rings. The summed E-state index contributed by atoms with van der Waals surface area (Å²) >= 11 is 0. The predicted molar refractivity (Wildman–Crippen MR) is 369 cm³/mol. The minimum Gasteiger partial charge on any atom is -0.370 e. The Balaban J connectivity index is -0.000000123. The van der Waals surface area contributed by atoms with E-state index in [1.165, 1.54) is 360 Å². The minimum atomic E-state index is -1.81. The second kappa shape index (κ2) is 114. The van der Waals surface area contributed by atoms with E-state index in [9.17, 15) is 0 Å². The number of hydrogen-bond acceptors (Lipinski definition) is 6. The van der Waals surface area contributed by atoms with Crippen LogP contribution in [0.3, 0.4) is 0 Å². The maximum absolute atomic E-state index is 8.16. The number of hydrogen-bond donors (Lipinski definition) is 3. The van der Waals surface area contributed by atoms with Crippen LogP contribution in [0.1, 0.15) is 456 Å². The van der Waals surface area contributed by atoms with Crippen LogP contribution in [0.4, 0.5) is 0 Å². The van der Waals surface area contributed by atoms with E-state index in [0.717, 1.165) is 0 Å². The zero-order chi connectivity index (χ0) is 61.4. The van der Waals surface area contributed by atoms with Crippen LogP contribution in [-0.2, 0) is 13.6 Å². The first-order valence-corrected chi connectivity index (χ1v) is 37.9. The minimum absolute atomic E-state index is 0.578. The van der Waals surface area contributed by atoms with Gasteiger partial charge >= 0.3 is 8.60 Å². The summed E-state index contributed by atoms with van der Waals surface area (Å²) in [6.45, 7) is 30.0. The second-order valence-electron chi connectivity index (χ2n) is 22.8. The van der Waals surface area contributed by atoms with Gasteiger partial charge in [-0.05, 0) is 0 Å². The predicted octanol–water partition coefficient (Wildman–Crippen LogP) is 28.1. The molecule has 0 aromatic heterocycles. The topological polar surface area (TPSA) is 88.4 Å². The lowest BCUT2D eigenvalue weighted by atomic mass is 10.1. The first-order valence-electron chi connectivity index (χ1n) is 36.8. The average molecular weight is 1170 g/mol. The summed E-state index contributed by atoms with van der Waals surface area (Å²) in [5.74, 6) is 0. The van der Waals surface area contributed by atoms with Crippen molar-refractivity contribution in [2.24, 2.45) is 0 Å². The van der Waals surface area contributed by atoms with Crippen LogP contribution in [-0.4, -0.2) is 35.7 Å². The van der Waals surface area contributed by atoms with Gasteiger partial charge in [-0.25, -0.2) is 0 Å². The molecule has 0 unspecified atom stereocenters. The maximum Gasteiger partial charge on any atom is 0.339 e. The summed E-state index contributed by atoms with van der Waals surface area (Å²) in [7, 11) is -1.81. The molecule has 6 nitrogen and oxygen atoms in total. The highest BCUT2D eigenvalue weighted by molar-refractivity contribution is 7.41. The Kier molecular flexibility index (Phi) is 137. The van der Waals surface area contributed by atoms with Gasteiger partial charge in [0.1, 0.15) is 0 Å². The molecule has 0 rings (SSSR count). The van der Waals surface area contributed by atoms with E-state index in [0.29, 0.717) is 0 Å². The van der Waals surface area contributed by atoms with Crippen LogP contribution in [0.25, 0.3) is 0 Å². The second-order valence-corrected chi connectivity index (χ2v) is 24.1. The van der Waals surface area contributed by atoms with Crippen molar-refractivity contribution < 1.29 is 28.9 Å². The van der Waals surface area contributed by atoms with Crippen LogP contribution >= 0.6 is 8.60 Å². The van der Waals surface area contributed by atoms with Crippen LogP contribution in [0, 0.1) is 0 Å². The van der Waals surface area contributed by atoms with Gasteiger partial charge in [-0.15, -0.1) is 0 Å². The van der Waals surface area contributed by atoms with Crippen molar-refractivity contribution in [2.45, 2.75) is 456 Å². The Labute approximate surface area is 512 Å². The molecule has 0 aliphatic heterocycles. The normalized spacial score (nSPS) is 10.3. The molecule has 7 heteroatoms. The van der Waals surface area contributed by atoms with Gasteiger partial charge in [-0.1, -0.05) is 456 Å². The third-order valence-electron chi connectivity index (χ3n) is 14.2. The van der Waals surface area contributed by atoms with Crippen molar-refractivity contribution in [2.75, 3.05) is 20.4 Å². The summed E-state index contributed by atoms with van der Waals surface area (Å²) in [6.07, 6.45) is 80.2. The Morgan fingerprint density at radius 1 is 0.150 bits per heavy atom. The molecule has 0 amide bonds. The molecule has 3 N–H and O–H groups in total. The molecular formula is C73H163O6P. The molecule has 0 aromatic carbocycles. The lowest BCUT2D eigenvalue weighted by Crippen LogP contribution is -1.97. The highest BCUT2D eigenvalue weighted by atomic mass is 31.2. The number of rotatable bonds is 55. The fraction of sp³-hybridized carbons (Fsp3) is 1.00. The van der Waals surface area contributed by atoms with Crippen molar-refractivity contribution in [3.63, 3.8) is 0 Å². The molecule has 0 radical (unpaired) electrons. The van der Waals surface area contributed by atoms with Crippen LogP contribution < -0.4 is 0 Å². The SMILES string of the molecule is CCCCCCCCCC.CCCCCCCCCC.CCCCCCCCCC.CCCCCCCCCC.CCCCCCCCCC.CCCCCCCCCC.CCCCCCCCCC.OCOP(OCO)OCO. The molecule has 0 saturated carbocycles. The van der Waals surface area contributed by atoms with E-state index in [4.69, 9.17) is 15.3 Å². The monoisotopic (exact) mass is 1170 g/mol. The summed E-state index contributed by atoms with van der Waals surface area (Å²) < 4.78 is 13.1. The zero-order valence-corrected chi connectivity index (χ0v) is 59.6. The summed E-state index contributed by atoms with van der Waals surface area (Å²) in [5.41, 5.74) is 0. The first kappa shape index (κ1) is 96.5. The third kappa shape index (κ3) is 138. The largest absolute Gasteiger partial charge is 0.370 e. The van der Waals surface area contributed by atoms with Gasteiger partial charge in [-0.3, -0.25) is 13.6 Å². The van der Waals surface area contributed by atoms with Gasteiger partial charge in [0.05, 0.1) is 0 Å². The van der Waals surface area contributed by atoms with Crippen LogP contribution in [0.15, 0.2) is 0 Å². The van der Waals surface area contributed by atoms with E-state index in [1.54, 1.807) is 0 Å². The third-order valence-corrected chi connectivity index (χ3v) is 15.2. The van der Waals surface area contributed by atoms with Gasteiger partial charge in [0.15, 0.2) is 20.4 Å². The fourth-order valence-corrected chi connectivity index (χ4v) is 9.21. The molecule has 0 atom stereocenters. The molecule has 0 saturated heterocycles. The maximum atomic E-state index is 8.16. The average Bonchev–Trinajstić information content (AvgIpc) is 3.47. The molecule has 0 heterocycles. The van der Waals surface area contributed by atoms with Crippen LogP contribution in [0.2, 0.25) is 0 Å². The highest BCUT2D eigenvalue weighted by Gasteiger charge is 2.09. The summed E-state index contributed by atoms with van der Waals surface area (Å²) in [4.78, 5) is 0. The number of aliphatic hydroxyl groups excluding tert-OH is 3. The molecule has 0 spiro atoms. The Morgan fingerprint density at radius 3 is 0.287 bits per heavy atom. The molecule has 0 aliphatic rings. The Bertz CT molecular complexity index is 594. The number of aliphatic hydroxyl groups is 3. The van der Waals surface area contributed by atoms with Crippen LogP contribution in [0.5, 0.6) is 0 Å².